The van der Waals surface area contributed by atoms with Gasteiger partial charge in [0, 0.05) is 18.2 Å². The highest BCUT2D eigenvalue weighted by molar-refractivity contribution is 5.91. The molecular weight excluding hydrogens is 324 g/mol. The fourth-order valence-electron chi connectivity index (χ4n) is 2.76. The van der Waals surface area contributed by atoms with E-state index < -0.39 is 5.76 Å². The number of nitrogens with one attached hydrogen (secondary N) is 2. The highest BCUT2D eigenvalue weighted by Crippen LogP contribution is 2.32. The average Bonchev–Trinajstić information content (AvgIpc) is 2.99. The van der Waals surface area contributed by atoms with Crippen LogP contribution in [0.3, 0.4) is 0 Å². The molecule has 0 fully saturated rings. The fourth-order valence-corrected chi connectivity index (χ4v) is 2.76. The number of rotatable bonds is 4. The third-order valence-corrected chi connectivity index (χ3v) is 3.95. The first kappa shape index (κ1) is 15.3. The topological polar surface area (TPSA) is 93.6 Å². The Morgan fingerprint density at radius 2 is 1.92 bits per heavy atom. The number of aromatic amines is 1. The summed E-state index contributed by atoms with van der Waals surface area (Å²) < 4.78 is 15.9. The molecule has 4 rings (SSSR count). The molecule has 1 amide bonds. The zero-order valence-electron chi connectivity index (χ0n) is 13.3. The number of carbonyl (C=O) groups excluding carboxylic acids is 1. The van der Waals surface area contributed by atoms with Crippen LogP contribution < -0.4 is 20.5 Å². The molecule has 7 heteroatoms. The number of H-pyrrole nitrogens is 1. The van der Waals surface area contributed by atoms with E-state index in [2.05, 4.69) is 10.3 Å². The summed E-state index contributed by atoms with van der Waals surface area (Å²) in [4.78, 5) is 25.9. The van der Waals surface area contributed by atoms with Gasteiger partial charge in [-0.05, 0) is 36.2 Å². The monoisotopic (exact) mass is 340 g/mol. The number of anilines is 1. The van der Waals surface area contributed by atoms with E-state index in [1.807, 2.05) is 12.1 Å². The first-order valence-electron chi connectivity index (χ1n) is 7.99. The van der Waals surface area contributed by atoms with Gasteiger partial charge < -0.3 is 19.2 Å². The minimum Gasteiger partial charge on any atom is -0.486 e. The van der Waals surface area contributed by atoms with Crippen LogP contribution in [0.5, 0.6) is 11.5 Å². The summed E-state index contributed by atoms with van der Waals surface area (Å²) in [6.07, 6.45) is 0.877. The number of aromatic nitrogens is 1. The van der Waals surface area contributed by atoms with Gasteiger partial charge in [0.15, 0.2) is 17.1 Å². The Labute approximate surface area is 142 Å². The minimum atomic E-state index is -0.483. The van der Waals surface area contributed by atoms with Gasteiger partial charge in [0.1, 0.15) is 13.2 Å². The molecule has 2 heterocycles. The van der Waals surface area contributed by atoms with E-state index in [9.17, 15) is 9.59 Å². The summed E-state index contributed by atoms with van der Waals surface area (Å²) in [5.41, 5.74) is 2.76. The Kier molecular flexibility index (Phi) is 3.89. The van der Waals surface area contributed by atoms with Gasteiger partial charge >= 0.3 is 5.76 Å². The van der Waals surface area contributed by atoms with E-state index in [0.29, 0.717) is 54.3 Å². The molecule has 1 aliphatic heterocycles. The molecule has 1 aliphatic rings. The van der Waals surface area contributed by atoms with Crippen LogP contribution in [0.2, 0.25) is 0 Å². The summed E-state index contributed by atoms with van der Waals surface area (Å²) >= 11 is 0. The van der Waals surface area contributed by atoms with Gasteiger partial charge in [0.2, 0.25) is 5.91 Å². The number of hydrogen-bond donors (Lipinski definition) is 2. The van der Waals surface area contributed by atoms with Crippen LogP contribution in [0.25, 0.3) is 11.1 Å². The van der Waals surface area contributed by atoms with E-state index in [0.717, 1.165) is 5.56 Å². The number of carbonyl (C=O) groups is 1. The number of hydrogen-bond acceptors (Lipinski definition) is 5. The second-order valence-electron chi connectivity index (χ2n) is 5.75. The van der Waals surface area contributed by atoms with Crippen molar-refractivity contribution in [2.75, 3.05) is 18.5 Å². The Balaban J connectivity index is 1.39. The average molecular weight is 340 g/mol. The Morgan fingerprint density at radius 1 is 1.08 bits per heavy atom. The molecule has 0 bridgehead atoms. The molecule has 2 N–H and O–H groups in total. The van der Waals surface area contributed by atoms with E-state index >= 15 is 0 Å². The number of fused-ring (bicyclic) bond motifs is 2. The molecule has 7 nitrogen and oxygen atoms in total. The first-order valence-corrected chi connectivity index (χ1v) is 7.99. The van der Waals surface area contributed by atoms with Gasteiger partial charge in [-0.3, -0.25) is 9.78 Å². The van der Waals surface area contributed by atoms with Gasteiger partial charge in [-0.15, -0.1) is 0 Å². The van der Waals surface area contributed by atoms with Gasteiger partial charge in [0.05, 0.1) is 5.52 Å². The highest BCUT2D eigenvalue weighted by Gasteiger charge is 2.13. The molecule has 0 unspecified atom stereocenters. The predicted molar refractivity (Wildman–Crippen MR) is 91.2 cm³/mol. The summed E-state index contributed by atoms with van der Waals surface area (Å²) in [6.45, 7) is 1.04. The second-order valence-corrected chi connectivity index (χ2v) is 5.75. The maximum absolute atomic E-state index is 12.2. The van der Waals surface area contributed by atoms with Gasteiger partial charge in [-0.1, -0.05) is 6.07 Å². The molecular formula is C18H16N2O5. The summed E-state index contributed by atoms with van der Waals surface area (Å²) in [5.74, 6) is 0.742. The molecule has 25 heavy (non-hydrogen) atoms. The third kappa shape index (κ3) is 3.35. The fraction of sp³-hybridized carbons (Fsp3) is 0.222. The van der Waals surface area contributed by atoms with Crippen molar-refractivity contribution in [1.29, 1.82) is 0 Å². The largest absolute Gasteiger partial charge is 0.486 e. The van der Waals surface area contributed by atoms with E-state index in [4.69, 9.17) is 13.9 Å². The van der Waals surface area contributed by atoms with Crippen LogP contribution in [0, 0.1) is 0 Å². The van der Waals surface area contributed by atoms with Crippen LogP contribution in [0.15, 0.2) is 45.6 Å². The molecule has 0 saturated carbocycles. The molecule has 1 aromatic heterocycles. The molecule has 2 aromatic carbocycles. The van der Waals surface area contributed by atoms with E-state index in [1.54, 1.807) is 24.3 Å². The van der Waals surface area contributed by atoms with Crippen molar-refractivity contribution in [2.45, 2.75) is 12.8 Å². The van der Waals surface area contributed by atoms with Crippen molar-refractivity contribution in [3.63, 3.8) is 0 Å². The van der Waals surface area contributed by atoms with Gasteiger partial charge in [0.25, 0.3) is 0 Å². The summed E-state index contributed by atoms with van der Waals surface area (Å²) in [7, 11) is 0. The second kappa shape index (κ2) is 6.35. The van der Waals surface area contributed by atoms with E-state index in [1.165, 1.54) is 0 Å². The van der Waals surface area contributed by atoms with Gasteiger partial charge in [-0.25, -0.2) is 4.79 Å². The summed E-state index contributed by atoms with van der Waals surface area (Å²) in [6, 6.07) is 10.7. The minimum absolute atomic E-state index is 0.0996. The lowest BCUT2D eigenvalue weighted by Gasteiger charge is -2.19. The first-order chi connectivity index (χ1) is 12.2. The molecule has 0 radical (unpaired) electrons. The normalized spacial score (nSPS) is 13.0. The number of oxazole rings is 1. The predicted octanol–water partition coefficient (Wildman–Crippen LogP) is 2.46. The number of benzene rings is 2. The van der Waals surface area contributed by atoms with E-state index in [-0.39, 0.29) is 5.91 Å². The third-order valence-electron chi connectivity index (χ3n) is 3.95. The molecule has 3 aromatic rings. The lowest BCUT2D eigenvalue weighted by Crippen LogP contribution is -2.16. The van der Waals surface area contributed by atoms with Gasteiger partial charge in [-0.2, -0.15) is 0 Å². The standard InChI is InChI=1S/C18H16N2O5/c21-17(19-12-3-5-15-16(10-12)24-8-7-23-15)6-2-11-1-4-14-13(9-11)20-18(22)25-14/h1,3-5,9-10H,2,6-8H2,(H,19,21)(H,20,22). The lowest BCUT2D eigenvalue weighted by molar-refractivity contribution is -0.116. The van der Waals surface area contributed by atoms with Crippen molar-refractivity contribution in [1.82, 2.24) is 4.98 Å². The van der Waals surface area contributed by atoms with Crippen molar-refractivity contribution in [3.05, 3.63) is 52.5 Å². The molecule has 0 spiro atoms. The quantitative estimate of drug-likeness (QED) is 0.761. The number of ether oxygens (including phenoxy) is 2. The summed E-state index contributed by atoms with van der Waals surface area (Å²) in [5, 5.41) is 2.85. The van der Waals surface area contributed by atoms with Crippen molar-refractivity contribution in [3.8, 4) is 11.5 Å². The molecule has 0 atom stereocenters. The Bertz CT molecular complexity index is 989. The van der Waals surface area contributed by atoms with Crippen LogP contribution in [-0.2, 0) is 11.2 Å². The smallest absolute Gasteiger partial charge is 0.417 e. The zero-order chi connectivity index (χ0) is 17.2. The maximum Gasteiger partial charge on any atom is 0.417 e. The molecule has 0 saturated heterocycles. The Hall–Kier alpha value is -3.22. The zero-order valence-corrected chi connectivity index (χ0v) is 13.3. The highest BCUT2D eigenvalue weighted by atomic mass is 16.6. The SMILES string of the molecule is O=C(CCc1ccc2oc(=O)[nH]c2c1)Nc1ccc2c(c1)OCCO2. The molecule has 128 valence electrons. The van der Waals surface area contributed by atoms with Crippen LogP contribution in [0.1, 0.15) is 12.0 Å². The van der Waals surface area contributed by atoms with Crippen LogP contribution in [-0.4, -0.2) is 24.1 Å². The lowest BCUT2D eigenvalue weighted by atomic mass is 10.1. The van der Waals surface area contributed by atoms with Crippen LogP contribution >= 0.6 is 0 Å². The van der Waals surface area contributed by atoms with Crippen LogP contribution in [0.4, 0.5) is 5.69 Å². The number of amides is 1. The van der Waals surface area contributed by atoms with Crippen molar-refractivity contribution < 1.29 is 18.7 Å². The Morgan fingerprint density at radius 3 is 2.80 bits per heavy atom. The molecule has 0 aliphatic carbocycles. The van der Waals surface area contributed by atoms with Crippen molar-refractivity contribution in [2.24, 2.45) is 0 Å². The maximum atomic E-state index is 12.2. The van der Waals surface area contributed by atoms with Crippen molar-refractivity contribution >= 4 is 22.7 Å². The number of aryl methyl sites for hydroxylation is 1.